The summed E-state index contributed by atoms with van der Waals surface area (Å²) in [5.74, 6) is 2.86. The number of benzene rings is 1. The molecule has 1 aromatic rings. The summed E-state index contributed by atoms with van der Waals surface area (Å²) < 4.78 is 11.6. The first-order valence-electron chi connectivity index (χ1n) is 7.82. The monoisotopic (exact) mass is 277 g/mol. The smallest absolute Gasteiger partial charge is 0.161 e. The van der Waals surface area contributed by atoms with Crippen LogP contribution < -0.4 is 15.2 Å². The maximum atomic E-state index is 6.01. The lowest BCUT2D eigenvalue weighted by Crippen LogP contribution is -2.44. The zero-order valence-electron chi connectivity index (χ0n) is 12.9. The second-order valence-corrected chi connectivity index (χ2v) is 5.77. The van der Waals surface area contributed by atoms with Crippen molar-refractivity contribution in [1.29, 1.82) is 0 Å². The van der Waals surface area contributed by atoms with Gasteiger partial charge < -0.3 is 15.2 Å². The van der Waals surface area contributed by atoms with Crippen molar-refractivity contribution in [2.24, 2.45) is 11.7 Å². The summed E-state index contributed by atoms with van der Waals surface area (Å²) >= 11 is 0. The van der Waals surface area contributed by atoms with E-state index in [1.807, 2.05) is 6.07 Å². The molecular weight excluding hydrogens is 250 g/mol. The Kier molecular flexibility index (Phi) is 5.30. The SMILES string of the molecule is CCCOc1ccc(C2CC(N)C2C)cc1OCCC. The molecule has 0 aromatic heterocycles. The fourth-order valence-electron chi connectivity index (χ4n) is 2.68. The Hall–Kier alpha value is -1.22. The maximum absolute atomic E-state index is 6.01. The molecule has 1 fully saturated rings. The lowest BCUT2D eigenvalue weighted by atomic mass is 9.67. The normalized spacial score (nSPS) is 25.1. The molecule has 0 saturated heterocycles. The molecule has 1 aliphatic rings. The molecule has 3 nitrogen and oxygen atoms in total. The molecule has 3 heteroatoms. The van der Waals surface area contributed by atoms with Crippen LogP contribution in [0.15, 0.2) is 18.2 Å². The number of rotatable bonds is 7. The second kappa shape index (κ2) is 6.98. The van der Waals surface area contributed by atoms with Crippen LogP contribution >= 0.6 is 0 Å². The maximum Gasteiger partial charge on any atom is 0.161 e. The minimum Gasteiger partial charge on any atom is -0.490 e. The van der Waals surface area contributed by atoms with Crippen LogP contribution in [0.25, 0.3) is 0 Å². The summed E-state index contributed by atoms with van der Waals surface area (Å²) in [6.45, 7) is 7.91. The third-order valence-electron chi connectivity index (χ3n) is 4.16. The standard InChI is InChI=1S/C17H27NO2/c1-4-8-19-16-7-6-13(10-17(16)20-9-5-2)14-11-15(18)12(14)3/h6-7,10,12,14-15H,4-5,8-9,11,18H2,1-3H3. The lowest BCUT2D eigenvalue weighted by molar-refractivity contribution is 0.224. The zero-order chi connectivity index (χ0) is 14.5. The van der Waals surface area contributed by atoms with Crippen molar-refractivity contribution in [1.82, 2.24) is 0 Å². The summed E-state index contributed by atoms with van der Waals surface area (Å²) in [6.07, 6.45) is 3.08. The van der Waals surface area contributed by atoms with Crippen molar-refractivity contribution in [2.75, 3.05) is 13.2 Å². The van der Waals surface area contributed by atoms with Crippen LogP contribution in [0, 0.1) is 5.92 Å². The van der Waals surface area contributed by atoms with Crippen molar-refractivity contribution >= 4 is 0 Å². The van der Waals surface area contributed by atoms with Crippen LogP contribution in [0.5, 0.6) is 11.5 Å². The summed E-state index contributed by atoms with van der Waals surface area (Å²) in [5, 5.41) is 0. The molecule has 20 heavy (non-hydrogen) atoms. The van der Waals surface area contributed by atoms with E-state index >= 15 is 0 Å². The van der Waals surface area contributed by atoms with Gasteiger partial charge in [0.25, 0.3) is 0 Å². The van der Waals surface area contributed by atoms with Gasteiger partial charge in [-0.15, -0.1) is 0 Å². The number of ether oxygens (including phenoxy) is 2. The second-order valence-electron chi connectivity index (χ2n) is 5.77. The van der Waals surface area contributed by atoms with Crippen molar-refractivity contribution < 1.29 is 9.47 Å². The third kappa shape index (κ3) is 3.26. The number of nitrogens with two attached hydrogens (primary N) is 1. The minimum atomic E-state index is 0.344. The first kappa shape index (κ1) is 15.2. The van der Waals surface area contributed by atoms with Crippen LogP contribution in [-0.2, 0) is 0 Å². The Bertz CT molecular complexity index is 433. The number of hydrogen-bond acceptors (Lipinski definition) is 3. The van der Waals surface area contributed by atoms with Gasteiger partial charge in [-0.05, 0) is 48.8 Å². The highest BCUT2D eigenvalue weighted by atomic mass is 16.5. The molecule has 2 rings (SSSR count). The van der Waals surface area contributed by atoms with Crippen molar-refractivity contribution in [2.45, 2.75) is 52.0 Å². The Morgan fingerprint density at radius 2 is 1.75 bits per heavy atom. The van der Waals surface area contributed by atoms with Gasteiger partial charge in [0.1, 0.15) is 0 Å². The van der Waals surface area contributed by atoms with Gasteiger partial charge in [-0.3, -0.25) is 0 Å². The predicted octanol–water partition coefficient (Wildman–Crippen LogP) is 3.71. The molecule has 0 amide bonds. The highest BCUT2D eigenvalue weighted by Gasteiger charge is 2.36. The van der Waals surface area contributed by atoms with Gasteiger partial charge in [0, 0.05) is 6.04 Å². The van der Waals surface area contributed by atoms with Crippen LogP contribution in [0.4, 0.5) is 0 Å². The van der Waals surface area contributed by atoms with Crippen molar-refractivity contribution in [3.63, 3.8) is 0 Å². The summed E-state index contributed by atoms with van der Waals surface area (Å²) in [5.41, 5.74) is 7.34. The van der Waals surface area contributed by atoms with Gasteiger partial charge in [-0.1, -0.05) is 26.8 Å². The van der Waals surface area contributed by atoms with Gasteiger partial charge in [0.2, 0.25) is 0 Å². The highest BCUT2D eigenvalue weighted by molar-refractivity contribution is 5.45. The van der Waals surface area contributed by atoms with Crippen LogP contribution in [0.1, 0.15) is 51.5 Å². The predicted molar refractivity (Wildman–Crippen MR) is 82.5 cm³/mol. The van der Waals surface area contributed by atoms with E-state index in [-0.39, 0.29) is 0 Å². The number of hydrogen-bond donors (Lipinski definition) is 1. The first-order chi connectivity index (χ1) is 9.67. The minimum absolute atomic E-state index is 0.344. The van der Waals surface area contributed by atoms with Crippen LogP contribution in [0.2, 0.25) is 0 Å². The van der Waals surface area contributed by atoms with E-state index in [1.165, 1.54) is 5.56 Å². The van der Waals surface area contributed by atoms with E-state index in [2.05, 4.69) is 32.9 Å². The quantitative estimate of drug-likeness (QED) is 0.826. The fourth-order valence-corrected chi connectivity index (χ4v) is 2.68. The van der Waals surface area contributed by atoms with Gasteiger partial charge in [-0.2, -0.15) is 0 Å². The molecule has 1 aliphatic carbocycles. The average Bonchev–Trinajstić information content (AvgIpc) is 2.48. The molecule has 2 N–H and O–H groups in total. The molecule has 0 bridgehead atoms. The highest BCUT2D eigenvalue weighted by Crippen LogP contribution is 2.43. The van der Waals surface area contributed by atoms with E-state index in [0.717, 1.165) is 44.0 Å². The van der Waals surface area contributed by atoms with Gasteiger partial charge in [0.15, 0.2) is 11.5 Å². The van der Waals surface area contributed by atoms with E-state index < -0.39 is 0 Å². The van der Waals surface area contributed by atoms with Gasteiger partial charge >= 0.3 is 0 Å². The molecule has 1 saturated carbocycles. The van der Waals surface area contributed by atoms with Crippen molar-refractivity contribution in [3.8, 4) is 11.5 Å². The molecule has 0 aliphatic heterocycles. The Morgan fingerprint density at radius 3 is 2.30 bits per heavy atom. The molecule has 3 atom stereocenters. The Morgan fingerprint density at radius 1 is 1.10 bits per heavy atom. The molecule has 1 aromatic carbocycles. The fraction of sp³-hybridized carbons (Fsp3) is 0.647. The lowest BCUT2D eigenvalue weighted by Gasteiger charge is -2.41. The zero-order valence-corrected chi connectivity index (χ0v) is 12.9. The molecule has 3 unspecified atom stereocenters. The van der Waals surface area contributed by atoms with Gasteiger partial charge in [-0.25, -0.2) is 0 Å². The van der Waals surface area contributed by atoms with Crippen molar-refractivity contribution in [3.05, 3.63) is 23.8 Å². The van der Waals surface area contributed by atoms with Crippen LogP contribution in [0.3, 0.4) is 0 Å². The Labute approximate surface area is 122 Å². The van der Waals surface area contributed by atoms with Gasteiger partial charge in [0.05, 0.1) is 13.2 Å². The summed E-state index contributed by atoms with van der Waals surface area (Å²) in [7, 11) is 0. The van der Waals surface area contributed by atoms with E-state index in [4.69, 9.17) is 15.2 Å². The van der Waals surface area contributed by atoms with Crippen LogP contribution in [-0.4, -0.2) is 19.3 Å². The largest absolute Gasteiger partial charge is 0.490 e. The molecule has 0 heterocycles. The molecule has 112 valence electrons. The Balaban J connectivity index is 2.14. The van der Waals surface area contributed by atoms with E-state index in [9.17, 15) is 0 Å². The molecular formula is C17H27NO2. The summed E-state index contributed by atoms with van der Waals surface area (Å²) in [6, 6.07) is 6.70. The molecule has 0 radical (unpaired) electrons. The first-order valence-corrected chi connectivity index (χ1v) is 7.82. The third-order valence-corrected chi connectivity index (χ3v) is 4.16. The topological polar surface area (TPSA) is 44.5 Å². The van der Waals surface area contributed by atoms with E-state index in [0.29, 0.717) is 17.9 Å². The average molecular weight is 277 g/mol. The molecule has 0 spiro atoms. The van der Waals surface area contributed by atoms with E-state index in [1.54, 1.807) is 0 Å². The summed E-state index contributed by atoms with van der Waals surface area (Å²) in [4.78, 5) is 0.